The molecule has 0 saturated heterocycles. The van der Waals surface area contributed by atoms with Gasteiger partial charge in [-0.05, 0) is 30.7 Å². The molecule has 1 aliphatic rings. The zero-order valence-electron chi connectivity index (χ0n) is 13.4. The molecule has 1 aromatic carbocycles. The van der Waals surface area contributed by atoms with Crippen LogP contribution in [0.15, 0.2) is 30.5 Å². The molecule has 23 heavy (non-hydrogen) atoms. The topological polar surface area (TPSA) is 75.8 Å². The first kappa shape index (κ1) is 15.4. The molecule has 0 bridgehead atoms. The van der Waals surface area contributed by atoms with E-state index >= 15 is 0 Å². The SMILES string of the molecule is COc1ccc(C2Oc3c(OC)cc(CN)cc3OC2C)cn1. The molecular formula is C17H20N2O4. The Kier molecular flexibility index (Phi) is 4.25. The number of nitrogens with two attached hydrogens (primary N) is 1. The highest BCUT2D eigenvalue weighted by molar-refractivity contribution is 5.55. The Morgan fingerprint density at radius 1 is 1.17 bits per heavy atom. The first-order valence-electron chi connectivity index (χ1n) is 7.40. The van der Waals surface area contributed by atoms with Crippen molar-refractivity contribution < 1.29 is 18.9 Å². The lowest BCUT2D eigenvalue weighted by Crippen LogP contribution is -2.31. The van der Waals surface area contributed by atoms with E-state index in [-0.39, 0.29) is 12.2 Å². The van der Waals surface area contributed by atoms with Crippen molar-refractivity contribution >= 4 is 0 Å². The fourth-order valence-corrected chi connectivity index (χ4v) is 2.61. The van der Waals surface area contributed by atoms with Crippen LogP contribution in [-0.4, -0.2) is 25.3 Å². The molecule has 0 aliphatic carbocycles. The Labute approximate surface area is 135 Å². The lowest BCUT2D eigenvalue weighted by molar-refractivity contribution is 0.0277. The smallest absolute Gasteiger partial charge is 0.212 e. The first-order chi connectivity index (χ1) is 11.2. The molecule has 2 heterocycles. The normalized spacial score (nSPS) is 19.3. The summed E-state index contributed by atoms with van der Waals surface area (Å²) in [5.74, 6) is 2.41. The van der Waals surface area contributed by atoms with Crippen LogP contribution in [0.25, 0.3) is 0 Å². The maximum absolute atomic E-state index is 6.15. The molecule has 0 saturated carbocycles. The zero-order chi connectivity index (χ0) is 16.4. The summed E-state index contributed by atoms with van der Waals surface area (Å²) in [5.41, 5.74) is 7.56. The molecule has 2 unspecified atom stereocenters. The fraction of sp³-hybridized carbons (Fsp3) is 0.353. The van der Waals surface area contributed by atoms with Crippen molar-refractivity contribution in [2.24, 2.45) is 5.73 Å². The summed E-state index contributed by atoms with van der Waals surface area (Å²) in [6.45, 7) is 2.37. The molecule has 1 aliphatic heterocycles. The van der Waals surface area contributed by atoms with E-state index < -0.39 is 0 Å². The highest BCUT2D eigenvalue weighted by Gasteiger charge is 2.32. The number of aromatic nitrogens is 1. The fourth-order valence-electron chi connectivity index (χ4n) is 2.61. The van der Waals surface area contributed by atoms with Crippen LogP contribution in [0.5, 0.6) is 23.1 Å². The summed E-state index contributed by atoms with van der Waals surface area (Å²) in [7, 11) is 3.18. The van der Waals surface area contributed by atoms with Gasteiger partial charge in [0.15, 0.2) is 17.6 Å². The van der Waals surface area contributed by atoms with Gasteiger partial charge < -0.3 is 24.7 Å². The number of benzene rings is 1. The van der Waals surface area contributed by atoms with Gasteiger partial charge in [0.1, 0.15) is 6.10 Å². The number of hydrogen-bond donors (Lipinski definition) is 1. The number of hydrogen-bond acceptors (Lipinski definition) is 6. The van der Waals surface area contributed by atoms with Crippen molar-refractivity contribution in [2.45, 2.75) is 25.7 Å². The maximum Gasteiger partial charge on any atom is 0.212 e. The van der Waals surface area contributed by atoms with Crippen LogP contribution in [0.4, 0.5) is 0 Å². The Bertz CT molecular complexity index is 688. The van der Waals surface area contributed by atoms with E-state index in [1.54, 1.807) is 26.5 Å². The molecule has 122 valence electrons. The molecule has 2 N–H and O–H groups in total. The molecule has 1 aromatic heterocycles. The summed E-state index contributed by atoms with van der Waals surface area (Å²) in [4.78, 5) is 4.23. The molecule has 0 spiro atoms. The lowest BCUT2D eigenvalue weighted by atomic mass is 10.0. The summed E-state index contributed by atoms with van der Waals surface area (Å²) < 4.78 is 22.7. The second kappa shape index (κ2) is 6.34. The predicted octanol–water partition coefficient (Wildman–Crippen LogP) is 2.46. The quantitative estimate of drug-likeness (QED) is 0.934. The standard InChI is InChI=1S/C17H20N2O4/c1-10-16(12-4-5-15(21-3)19-9-12)23-17-13(20-2)6-11(8-18)7-14(17)22-10/h4-7,9-10,16H,8,18H2,1-3H3. The van der Waals surface area contributed by atoms with Gasteiger partial charge in [0.05, 0.1) is 14.2 Å². The van der Waals surface area contributed by atoms with Crippen LogP contribution in [0.3, 0.4) is 0 Å². The van der Waals surface area contributed by atoms with Crippen molar-refractivity contribution in [2.75, 3.05) is 14.2 Å². The molecule has 6 heteroatoms. The molecule has 6 nitrogen and oxygen atoms in total. The second-order valence-electron chi connectivity index (χ2n) is 5.32. The highest BCUT2D eigenvalue weighted by Crippen LogP contribution is 2.46. The Balaban J connectivity index is 1.95. The van der Waals surface area contributed by atoms with E-state index in [1.165, 1.54) is 0 Å². The number of methoxy groups -OCH3 is 2. The lowest BCUT2D eigenvalue weighted by Gasteiger charge is -2.33. The number of pyridine rings is 1. The number of rotatable bonds is 4. The van der Waals surface area contributed by atoms with Gasteiger partial charge in [-0.15, -0.1) is 0 Å². The van der Waals surface area contributed by atoms with Gasteiger partial charge >= 0.3 is 0 Å². The monoisotopic (exact) mass is 316 g/mol. The predicted molar refractivity (Wildman–Crippen MR) is 85.1 cm³/mol. The van der Waals surface area contributed by atoms with Crippen LogP contribution >= 0.6 is 0 Å². The largest absolute Gasteiger partial charge is 0.493 e. The Morgan fingerprint density at radius 2 is 2.00 bits per heavy atom. The zero-order valence-corrected chi connectivity index (χ0v) is 13.4. The van der Waals surface area contributed by atoms with Crippen LogP contribution in [0.2, 0.25) is 0 Å². The summed E-state index contributed by atoms with van der Waals surface area (Å²) >= 11 is 0. The second-order valence-corrected chi connectivity index (χ2v) is 5.32. The summed E-state index contributed by atoms with van der Waals surface area (Å²) in [6.07, 6.45) is 1.28. The minimum Gasteiger partial charge on any atom is -0.493 e. The minimum absolute atomic E-state index is 0.171. The van der Waals surface area contributed by atoms with Crippen LogP contribution in [-0.2, 0) is 6.54 Å². The van der Waals surface area contributed by atoms with Gasteiger partial charge in [0, 0.05) is 24.4 Å². The van der Waals surface area contributed by atoms with E-state index in [1.807, 2.05) is 25.1 Å². The van der Waals surface area contributed by atoms with Crippen molar-refractivity contribution in [3.8, 4) is 23.1 Å². The van der Waals surface area contributed by atoms with Gasteiger partial charge in [-0.3, -0.25) is 0 Å². The molecule has 3 rings (SSSR count). The van der Waals surface area contributed by atoms with E-state index in [0.717, 1.165) is 11.1 Å². The van der Waals surface area contributed by atoms with Gasteiger partial charge in [0.2, 0.25) is 11.6 Å². The van der Waals surface area contributed by atoms with E-state index in [2.05, 4.69) is 4.98 Å². The molecule has 0 amide bonds. The minimum atomic E-state index is -0.279. The van der Waals surface area contributed by atoms with Gasteiger partial charge in [-0.25, -0.2) is 4.98 Å². The molecule has 0 fully saturated rings. The van der Waals surface area contributed by atoms with Crippen LogP contribution < -0.4 is 24.7 Å². The Hall–Kier alpha value is -2.47. The Morgan fingerprint density at radius 3 is 2.61 bits per heavy atom. The van der Waals surface area contributed by atoms with Crippen molar-refractivity contribution in [3.63, 3.8) is 0 Å². The summed E-state index contributed by atoms with van der Waals surface area (Å²) in [5, 5.41) is 0. The molecule has 0 radical (unpaired) electrons. The first-order valence-corrected chi connectivity index (χ1v) is 7.40. The average molecular weight is 316 g/mol. The van der Waals surface area contributed by atoms with Crippen molar-refractivity contribution in [3.05, 3.63) is 41.6 Å². The third-order valence-corrected chi connectivity index (χ3v) is 3.82. The summed E-state index contributed by atoms with van der Waals surface area (Å²) in [6, 6.07) is 7.47. The molecule has 2 atom stereocenters. The third kappa shape index (κ3) is 2.90. The average Bonchev–Trinajstić information content (AvgIpc) is 2.60. The number of fused-ring (bicyclic) bond motifs is 1. The number of ether oxygens (including phenoxy) is 4. The van der Waals surface area contributed by atoms with E-state index in [4.69, 9.17) is 24.7 Å². The van der Waals surface area contributed by atoms with Gasteiger partial charge in [-0.2, -0.15) is 0 Å². The van der Waals surface area contributed by atoms with Crippen LogP contribution in [0.1, 0.15) is 24.2 Å². The maximum atomic E-state index is 6.15. The van der Waals surface area contributed by atoms with Crippen molar-refractivity contribution in [1.29, 1.82) is 0 Å². The molecular weight excluding hydrogens is 296 g/mol. The van der Waals surface area contributed by atoms with Gasteiger partial charge in [0.25, 0.3) is 0 Å². The number of nitrogens with zero attached hydrogens (tertiary/aromatic N) is 1. The van der Waals surface area contributed by atoms with Gasteiger partial charge in [-0.1, -0.05) is 0 Å². The highest BCUT2D eigenvalue weighted by atomic mass is 16.6. The van der Waals surface area contributed by atoms with Crippen molar-refractivity contribution in [1.82, 2.24) is 4.98 Å². The van der Waals surface area contributed by atoms with E-state index in [0.29, 0.717) is 29.7 Å². The van der Waals surface area contributed by atoms with Crippen LogP contribution in [0, 0.1) is 0 Å². The molecule has 2 aromatic rings. The van der Waals surface area contributed by atoms with E-state index in [9.17, 15) is 0 Å². The third-order valence-electron chi connectivity index (χ3n) is 3.82.